The van der Waals surface area contributed by atoms with E-state index in [1.165, 1.54) is 18.7 Å². The van der Waals surface area contributed by atoms with Crippen molar-refractivity contribution in [3.05, 3.63) is 28.8 Å². The molecule has 0 unspecified atom stereocenters. The molecule has 1 aromatic carbocycles. The van der Waals surface area contributed by atoms with E-state index in [1.807, 2.05) is 0 Å². The van der Waals surface area contributed by atoms with Crippen molar-refractivity contribution >= 4 is 34.2 Å². The van der Waals surface area contributed by atoms with Gasteiger partial charge in [-0.05, 0) is 18.2 Å². The summed E-state index contributed by atoms with van der Waals surface area (Å²) < 4.78 is 0. The first kappa shape index (κ1) is 12.0. The van der Waals surface area contributed by atoms with Gasteiger partial charge in [-0.25, -0.2) is 0 Å². The van der Waals surface area contributed by atoms with Gasteiger partial charge in [0.15, 0.2) is 5.12 Å². The summed E-state index contributed by atoms with van der Waals surface area (Å²) in [5.41, 5.74) is 7.00. The Morgan fingerprint density at radius 1 is 1.60 bits per heavy atom. The van der Waals surface area contributed by atoms with E-state index in [2.05, 4.69) is 11.8 Å². The number of halogens is 1. The number of hydrogen-bond acceptors (Lipinski definition) is 3. The summed E-state index contributed by atoms with van der Waals surface area (Å²) in [5, 5.41) is 0.657. The summed E-state index contributed by atoms with van der Waals surface area (Å²) in [7, 11) is 0. The summed E-state index contributed by atoms with van der Waals surface area (Å²) in [6.07, 6.45) is 0. The van der Waals surface area contributed by atoms with E-state index in [-0.39, 0.29) is 5.12 Å². The van der Waals surface area contributed by atoms with Crippen molar-refractivity contribution in [3.8, 4) is 11.8 Å². The second-order valence-corrected chi connectivity index (χ2v) is 4.40. The van der Waals surface area contributed by atoms with Crippen LogP contribution in [0.2, 0.25) is 5.02 Å². The number of nitrogen functional groups attached to an aromatic ring is 1. The van der Waals surface area contributed by atoms with Crippen molar-refractivity contribution in [1.82, 2.24) is 0 Å². The van der Waals surface area contributed by atoms with Gasteiger partial charge < -0.3 is 5.73 Å². The van der Waals surface area contributed by atoms with E-state index in [0.717, 1.165) is 5.56 Å². The Bertz CT molecular complexity index is 434. The molecule has 0 radical (unpaired) electrons. The van der Waals surface area contributed by atoms with Crippen LogP contribution < -0.4 is 5.73 Å². The van der Waals surface area contributed by atoms with E-state index in [4.69, 9.17) is 17.3 Å². The van der Waals surface area contributed by atoms with Crippen molar-refractivity contribution in [1.29, 1.82) is 0 Å². The average molecular weight is 240 g/mol. The third kappa shape index (κ3) is 4.28. The molecule has 0 amide bonds. The monoisotopic (exact) mass is 239 g/mol. The van der Waals surface area contributed by atoms with Gasteiger partial charge in [0, 0.05) is 23.2 Å². The highest BCUT2D eigenvalue weighted by Crippen LogP contribution is 2.16. The maximum atomic E-state index is 10.6. The molecule has 0 heterocycles. The quantitative estimate of drug-likeness (QED) is 0.605. The standard InChI is InChI=1S/C11H10ClNOS/c1-8(14)15-6-2-3-9-4-5-10(12)7-11(9)13/h4-5,7H,6,13H2,1H3. The second-order valence-electron chi connectivity index (χ2n) is 2.81. The molecule has 78 valence electrons. The Morgan fingerprint density at radius 3 is 2.93 bits per heavy atom. The molecular formula is C11H10ClNOS. The molecule has 4 heteroatoms. The number of nitrogens with two attached hydrogens (primary N) is 1. The molecule has 0 fully saturated rings. The number of carbonyl (C=O) groups excluding carboxylic acids is 1. The molecule has 1 aromatic rings. The van der Waals surface area contributed by atoms with Crippen LogP contribution in [-0.2, 0) is 4.79 Å². The first-order chi connectivity index (χ1) is 7.09. The molecule has 0 saturated carbocycles. The van der Waals surface area contributed by atoms with Crippen LogP contribution in [-0.4, -0.2) is 10.9 Å². The van der Waals surface area contributed by atoms with E-state index in [9.17, 15) is 4.79 Å². The topological polar surface area (TPSA) is 43.1 Å². The molecule has 0 spiro atoms. The van der Waals surface area contributed by atoms with Gasteiger partial charge in [0.2, 0.25) is 0 Å². The first-order valence-electron chi connectivity index (χ1n) is 4.27. The van der Waals surface area contributed by atoms with Crippen LogP contribution in [0.1, 0.15) is 12.5 Å². The lowest BCUT2D eigenvalue weighted by Crippen LogP contribution is -1.89. The Balaban J connectivity index is 2.67. The van der Waals surface area contributed by atoms with Gasteiger partial charge in [-0.3, -0.25) is 4.79 Å². The van der Waals surface area contributed by atoms with Gasteiger partial charge in [0.05, 0.1) is 5.75 Å². The zero-order chi connectivity index (χ0) is 11.3. The molecule has 0 aliphatic rings. The third-order valence-corrected chi connectivity index (χ3v) is 2.51. The van der Waals surface area contributed by atoms with Crippen LogP contribution in [0, 0.1) is 11.8 Å². The molecule has 1 rings (SSSR count). The maximum absolute atomic E-state index is 10.6. The Kier molecular flexibility index (Phi) is 4.54. The van der Waals surface area contributed by atoms with Crippen molar-refractivity contribution in [2.75, 3.05) is 11.5 Å². The highest BCUT2D eigenvalue weighted by Gasteiger charge is 1.95. The fourth-order valence-corrected chi connectivity index (χ4v) is 1.44. The number of rotatable bonds is 1. The van der Waals surface area contributed by atoms with Crippen LogP contribution in [0.5, 0.6) is 0 Å². The summed E-state index contributed by atoms with van der Waals surface area (Å²) >= 11 is 6.92. The number of carbonyl (C=O) groups is 1. The summed E-state index contributed by atoms with van der Waals surface area (Å²) in [5.74, 6) is 6.23. The summed E-state index contributed by atoms with van der Waals surface area (Å²) in [4.78, 5) is 10.6. The SMILES string of the molecule is CC(=O)SCC#Cc1ccc(Cl)cc1N. The number of thioether (sulfide) groups is 1. The van der Waals surface area contributed by atoms with Gasteiger partial charge in [0.1, 0.15) is 0 Å². The van der Waals surface area contributed by atoms with Crippen LogP contribution in [0.15, 0.2) is 18.2 Å². The minimum absolute atomic E-state index is 0.0633. The fourth-order valence-electron chi connectivity index (χ4n) is 0.916. The Morgan fingerprint density at radius 2 is 2.33 bits per heavy atom. The molecule has 2 nitrogen and oxygen atoms in total. The smallest absolute Gasteiger partial charge is 0.186 e. The van der Waals surface area contributed by atoms with Gasteiger partial charge >= 0.3 is 0 Å². The number of hydrogen-bond donors (Lipinski definition) is 1. The first-order valence-corrected chi connectivity index (χ1v) is 5.63. The van der Waals surface area contributed by atoms with Crippen molar-refractivity contribution in [2.24, 2.45) is 0 Å². The Labute approximate surface area is 98.2 Å². The maximum Gasteiger partial charge on any atom is 0.186 e. The zero-order valence-corrected chi connectivity index (χ0v) is 9.78. The molecule has 0 aromatic heterocycles. The number of benzene rings is 1. The highest BCUT2D eigenvalue weighted by atomic mass is 35.5. The minimum atomic E-state index is 0.0633. The molecule has 15 heavy (non-hydrogen) atoms. The van der Waals surface area contributed by atoms with Crippen molar-refractivity contribution < 1.29 is 4.79 Å². The van der Waals surface area contributed by atoms with Crippen LogP contribution in [0.25, 0.3) is 0 Å². The fraction of sp³-hybridized carbons (Fsp3) is 0.182. The average Bonchev–Trinajstić information content (AvgIpc) is 2.14. The lowest BCUT2D eigenvalue weighted by atomic mass is 10.2. The van der Waals surface area contributed by atoms with Crippen molar-refractivity contribution in [3.63, 3.8) is 0 Å². The van der Waals surface area contributed by atoms with E-state index < -0.39 is 0 Å². The molecular weight excluding hydrogens is 230 g/mol. The molecule has 0 atom stereocenters. The van der Waals surface area contributed by atoms with Crippen LogP contribution in [0.4, 0.5) is 5.69 Å². The van der Waals surface area contributed by atoms with Gasteiger partial charge in [0.25, 0.3) is 0 Å². The number of anilines is 1. The van der Waals surface area contributed by atoms with E-state index in [1.54, 1.807) is 18.2 Å². The van der Waals surface area contributed by atoms with E-state index in [0.29, 0.717) is 16.5 Å². The van der Waals surface area contributed by atoms with Gasteiger partial charge in [-0.15, -0.1) is 0 Å². The lowest BCUT2D eigenvalue weighted by molar-refractivity contribution is -0.109. The molecule has 0 bridgehead atoms. The predicted octanol–water partition coefficient (Wildman–Crippen LogP) is 2.55. The minimum Gasteiger partial charge on any atom is -0.398 e. The Hall–Kier alpha value is -1.11. The molecule has 0 saturated heterocycles. The van der Waals surface area contributed by atoms with Crippen LogP contribution >= 0.6 is 23.4 Å². The third-order valence-electron chi connectivity index (χ3n) is 1.58. The lowest BCUT2D eigenvalue weighted by Gasteiger charge is -1.97. The van der Waals surface area contributed by atoms with Gasteiger partial charge in [-0.2, -0.15) is 0 Å². The van der Waals surface area contributed by atoms with Crippen LogP contribution in [0.3, 0.4) is 0 Å². The van der Waals surface area contributed by atoms with Crippen molar-refractivity contribution in [2.45, 2.75) is 6.92 Å². The zero-order valence-electron chi connectivity index (χ0n) is 8.21. The summed E-state index contributed by atoms with van der Waals surface area (Å²) in [6, 6.07) is 5.16. The molecule has 0 aliphatic heterocycles. The molecule has 0 aliphatic carbocycles. The summed E-state index contributed by atoms with van der Waals surface area (Å²) in [6.45, 7) is 1.52. The normalized spacial score (nSPS) is 9.20. The largest absolute Gasteiger partial charge is 0.398 e. The van der Waals surface area contributed by atoms with E-state index >= 15 is 0 Å². The second kappa shape index (κ2) is 5.69. The highest BCUT2D eigenvalue weighted by molar-refractivity contribution is 8.13. The predicted molar refractivity (Wildman–Crippen MR) is 65.9 cm³/mol. The van der Waals surface area contributed by atoms with Gasteiger partial charge in [-0.1, -0.05) is 35.2 Å². The molecule has 2 N–H and O–H groups in total.